The minimum atomic E-state index is -0.521. The summed E-state index contributed by atoms with van der Waals surface area (Å²) in [6.45, 7) is 2.44. The number of benzene rings is 2. The van der Waals surface area contributed by atoms with E-state index in [0.29, 0.717) is 41.0 Å². The van der Waals surface area contributed by atoms with E-state index in [4.69, 9.17) is 18.9 Å². The van der Waals surface area contributed by atoms with Crippen LogP contribution in [0, 0.1) is 0 Å². The van der Waals surface area contributed by atoms with Crippen molar-refractivity contribution >= 4 is 11.9 Å². The first-order valence-electron chi connectivity index (χ1n) is 10.5. The van der Waals surface area contributed by atoms with Gasteiger partial charge in [-0.25, -0.2) is 9.78 Å². The first kappa shape index (κ1) is 24.4. The van der Waals surface area contributed by atoms with Gasteiger partial charge in [-0.1, -0.05) is 18.2 Å². The molecular formula is C25H26N2O7. The van der Waals surface area contributed by atoms with Crippen LogP contribution in [0.4, 0.5) is 0 Å². The van der Waals surface area contributed by atoms with Crippen molar-refractivity contribution in [2.75, 3.05) is 27.4 Å². The monoisotopic (exact) mass is 466 g/mol. The van der Waals surface area contributed by atoms with Gasteiger partial charge < -0.3 is 29.0 Å². The lowest BCUT2D eigenvalue weighted by Gasteiger charge is -2.12. The number of amides is 1. The van der Waals surface area contributed by atoms with Gasteiger partial charge >= 0.3 is 5.97 Å². The highest BCUT2D eigenvalue weighted by Crippen LogP contribution is 2.30. The third-order valence-electron chi connectivity index (χ3n) is 4.61. The Hall–Kier alpha value is -4.27. The van der Waals surface area contributed by atoms with Gasteiger partial charge in [0.05, 0.1) is 20.8 Å². The van der Waals surface area contributed by atoms with Crippen LogP contribution in [0.25, 0.3) is 0 Å². The Labute approximate surface area is 197 Å². The second-order valence-electron chi connectivity index (χ2n) is 6.90. The molecule has 0 aliphatic heterocycles. The predicted octanol–water partition coefficient (Wildman–Crippen LogP) is 3.76. The SMILES string of the molecule is CCOc1ccccc1Oc1ccc(CNC(=O)c2ccc(OCC(=O)OC)c(OC)c2)cn1. The third kappa shape index (κ3) is 6.61. The molecule has 1 aromatic heterocycles. The fourth-order valence-corrected chi connectivity index (χ4v) is 2.91. The number of carbonyl (C=O) groups excluding carboxylic acids is 2. The van der Waals surface area contributed by atoms with Crippen LogP contribution < -0.4 is 24.3 Å². The summed E-state index contributed by atoms with van der Waals surface area (Å²) in [6.07, 6.45) is 1.63. The number of carbonyl (C=O) groups is 2. The number of rotatable bonds is 11. The molecule has 1 N–H and O–H groups in total. The molecule has 0 saturated heterocycles. The second-order valence-corrected chi connectivity index (χ2v) is 6.90. The van der Waals surface area contributed by atoms with Gasteiger partial charge in [-0.05, 0) is 42.8 Å². The average Bonchev–Trinajstić information content (AvgIpc) is 2.87. The quantitative estimate of drug-likeness (QED) is 0.426. The number of aromatic nitrogens is 1. The predicted molar refractivity (Wildman–Crippen MR) is 124 cm³/mol. The molecule has 9 heteroatoms. The molecule has 3 aromatic rings. The van der Waals surface area contributed by atoms with Crippen LogP contribution >= 0.6 is 0 Å². The summed E-state index contributed by atoms with van der Waals surface area (Å²) in [6, 6.07) is 15.6. The van der Waals surface area contributed by atoms with Crippen molar-refractivity contribution in [1.82, 2.24) is 10.3 Å². The van der Waals surface area contributed by atoms with E-state index >= 15 is 0 Å². The molecule has 0 fully saturated rings. The number of pyridine rings is 1. The number of esters is 1. The normalized spacial score (nSPS) is 10.2. The van der Waals surface area contributed by atoms with Crippen LogP contribution in [0.15, 0.2) is 60.8 Å². The number of nitrogens with zero attached hydrogens (tertiary/aromatic N) is 1. The number of nitrogens with one attached hydrogen (secondary N) is 1. The summed E-state index contributed by atoms with van der Waals surface area (Å²) in [5.41, 5.74) is 1.17. The number of methoxy groups -OCH3 is 2. The Kier molecular flexibility index (Phi) is 8.67. The standard InChI is InChI=1S/C25H26N2O7/c1-4-32-19-7-5-6-8-21(19)34-23-12-9-17(14-26-23)15-27-25(29)18-10-11-20(22(13-18)30-2)33-16-24(28)31-3/h5-14H,4,15-16H2,1-3H3,(H,27,29). The van der Waals surface area contributed by atoms with E-state index in [-0.39, 0.29) is 19.1 Å². The maximum atomic E-state index is 12.6. The molecule has 0 saturated carbocycles. The number of ether oxygens (including phenoxy) is 5. The molecule has 3 rings (SSSR count). The third-order valence-corrected chi connectivity index (χ3v) is 4.61. The van der Waals surface area contributed by atoms with Gasteiger partial charge in [-0.2, -0.15) is 0 Å². The van der Waals surface area contributed by atoms with E-state index in [0.717, 1.165) is 5.56 Å². The fraction of sp³-hybridized carbons (Fsp3) is 0.240. The minimum absolute atomic E-state index is 0.262. The van der Waals surface area contributed by atoms with Crippen molar-refractivity contribution in [3.05, 3.63) is 71.9 Å². The van der Waals surface area contributed by atoms with Crippen molar-refractivity contribution in [2.45, 2.75) is 13.5 Å². The van der Waals surface area contributed by atoms with E-state index in [1.165, 1.54) is 20.3 Å². The molecule has 0 radical (unpaired) electrons. The zero-order valence-corrected chi connectivity index (χ0v) is 19.2. The van der Waals surface area contributed by atoms with Crippen molar-refractivity contribution < 1.29 is 33.3 Å². The lowest BCUT2D eigenvalue weighted by Crippen LogP contribution is -2.23. The summed E-state index contributed by atoms with van der Waals surface area (Å²) in [4.78, 5) is 28.1. The van der Waals surface area contributed by atoms with E-state index < -0.39 is 5.97 Å². The van der Waals surface area contributed by atoms with Gasteiger partial charge in [0.2, 0.25) is 5.88 Å². The van der Waals surface area contributed by atoms with Crippen molar-refractivity contribution in [3.63, 3.8) is 0 Å². The first-order chi connectivity index (χ1) is 16.5. The largest absolute Gasteiger partial charge is 0.493 e. The minimum Gasteiger partial charge on any atom is -0.493 e. The van der Waals surface area contributed by atoms with E-state index in [1.807, 2.05) is 31.2 Å². The Morgan fingerprint density at radius 1 is 0.912 bits per heavy atom. The van der Waals surface area contributed by atoms with Gasteiger partial charge in [0, 0.05) is 24.4 Å². The molecule has 0 aliphatic carbocycles. The summed E-state index contributed by atoms with van der Waals surface area (Å²) in [7, 11) is 2.72. The van der Waals surface area contributed by atoms with Crippen LogP contribution in [-0.2, 0) is 16.1 Å². The molecule has 0 spiro atoms. The fourth-order valence-electron chi connectivity index (χ4n) is 2.91. The maximum Gasteiger partial charge on any atom is 0.343 e. The Balaban J connectivity index is 1.58. The molecule has 9 nitrogen and oxygen atoms in total. The lowest BCUT2D eigenvalue weighted by atomic mass is 10.2. The highest BCUT2D eigenvalue weighted by molar-refractivity contribution is 5.94. The van der Waals surface area contributed by atoms with E-state index in [9.17, 15) is 9.59 Å². The molecule has 178 valence electrons. The van der Waals surface area contributed by atoms with Crippen LogP contribution in [0.2, 0.25) is 0 Å². The van der Waals surface area contributed by atoms with Crippen LogP contribution in [0.3, 0.4) is 0 Å². The van der Waals surface area contributed by atoms with Crippen molar-refractivity contribution in [2.24, 2.45) is 0 Å². The number of para-hydroxylation sites is 2. The molecule has 1 amide bonds. The Morgan fingerprint density at radius 2 is 1.68 bits per heavy atom. The van der Waals surface area contributed by atoms with Crippen molar-refractivity contribution in [3.8, 4) is 28.9 Å². The summed E-state index contributed by atoms with van der Waals surface area (Å²) >= 11 is 0. The molecule has 34 heavy (non-hydrogen) atoms. The van der Waals surface area contributed by atoms with Gasteiger partial charge in [0.25, 0.3) is 5.91 Å². The molecular weight excluding hydrogens is 440 g/mol. The van der Waals surface area contributed by atoms with Gasteiger partial charge in [0.1, 0.15) is 0 Å². The van der Waals surface area contributed by atoms with E-state index in [2.05, 4.69) is 15.0 Å². The Bertz CT molecular complexity index is 1120. The molecule has 0 bridgehead atoms. The molecule has 0 unspecified atom stereocenters. The summed E-state index contributed by atoms with van der Waals surface area (Å²) in [5.74, 6) is 1.46. The zero-order chi connectivity index (χ0) is 24.3. The second kappa shape index (κ2) is 12.1. The topological polar surface area (TPSA) is 105 Å². The van der Waals surface area contributed by atoms with Crippen LogP contribution in [-0.4, -0.2) is 44.3 Å². The summed E-state index contributed by atoms with van der Waals surface area (Å²) < 4.78 is 26.5. The summed E-state index contributed by atoms with van der Waals surface area (Å²) in [5, 5.41) is 2.83. The molecule has 1 heterocycles. The van der Waals surface area contributed by atoms with Gasteiger partial charge in [-0.15, -0.1) is 0 Å². The highest BCUT2D eigenvalue weighted by Gasteiger charge is 2.13. The Morgan fingerprint density at radius 3 is 2.35 bits per heavy atom. The average molecular weight is 466 g/mol. The number of hydrogen-bond acceptors (Lipinski definition) is 8. The maximum absolute atomic E-state index is 12.6. The van der Waals surface area contributed by atoms with Crippen molar-refractivity contribution in [1.29, 1.82) is 0 Å². The highest BCUT2D eigenvalue weighted by atomic mass is 16.6. The van der Waals surface area contributed by atoms with E-state index in [1.54, 1.807) is 30.5 Å². The number of hydrogen-bond donors (Lipinski definition) is 1. The van der Waals surface area contributed by atoms with Crippen LogP contribution in [0.5, 0.6) is 28.9 Å². The van der Waals surface area contributed by atoms with Crippen LogP contribution in [0.1, 0.15) is 22.8 Å². The van der Waals surface area contributed by atoms with Gasteiger partial charge in [-0.3, -0.25) is 4.79 Å². The zero-order valence-electron chi connectivity index (χ0n) is 19.2. The molecule has 2 aromatic carbocycles. The van der Waals surface area contributed by atoms with Gasteiger partial charge in [0.15, 0.2) is 29.6 Å². The molecule has 0 atom stereocenters. The molecule has 0 aliphatic rings. The smallest absolute Gasteiger partial charge is 0.343 e. The first-order valence-corrected chi connectivity index (χ1v) is 10.5. The lowest BCUT2D eigenvalue weighted by molar-refractivity contribution is -0.142.